The number of methoxy groups -OCH3 is 6. The zero-order valence-corrected chi connectivity index (χ0v) is 23.5. The minimum atomic E-state index is -3.45. The molecule has 0 heterocycles. The van der Waals surface area contributed by atoms with E-state index in [1.165, 1.54) is 0 Å². The molecule has 0 bridgehead atoms. The molecule has 3 aromatic carbocycles. The van der Waals surface area contributed by atoms with Gasteiger partial charge in [0.2, 0.25) is 0 Å². The Balaban J connectivity index is 2.63. The van der Waals surface area contributed by atoms with Crippen LogP contribution in [0, 0.1) is 20.8 Å². The van der Waals surface area contributed by atoms with E-state index in [0.29, 0.717) is 34.5 Å². The summed E-state index contributed by atoms with van der Waals surface area (Å²) in [7, 11) is 6.38. The molecule has 0 N–H and O–H groups in total. The molecule has 8 heteroatoms. The summed E-state index contributed by atoms with van der Waals surface area (Å²) < 4.78 is 34.8. The fourth-order valence-corrected chi connectivity index (χ4v) is 9.59. The summed E-state index contributed by atoms with van der Waals surface area (Å²) in [5.74, 6) is 4.06. The minimum absolute atomic E-state index is 0.674. The van der Waals surface area contributed by atoms with Crippen molar-refractivity contribution in [1.29, 1.82) is 0 Å². The van der Waals surface area contributed by atoms with Gasteiger partial charge in [0.25, 0.3) is 7.38 Å². The van der Waals surface area contributed by atoms with Gasteiger partial charge in [-0.15, -0.1) is 11.1 Å². The van der Waals surface area contributed by atoms with Gasteiger partial charge < -0.3 is 28.4 Å². The van der Waals surface area contributed by atoms with Gasteiger partial charge in [-0.2, -0.15) is 0 Å². The first-order chi connectivity index (χ1) is 16.7. The second-order valence-electron chi connectivity index (χ2n) is 8.23. The average molecular weight is 517 g/mol. The Bertz CT molecular complexity index is 1080. The van der Waals surface area contributed by atoms with Gasteiger partial charge >= 0.3 is 0 Å². The Kier molecular flexibility index (Phi) is 8.13. The van der Waals surface area contributed by atoms with E-state index in [1.807, 2.05) is 57.2 Å². The topological polar surface area (TPSA) is 55.4 Å². The number of hydrogen-bond donors (Lipinski definition) is 0. The van der Waals surface area contributed by atoms with Gasteiger partial charge in [-0.3, -0.25) is 0 Å². The Hall–Kier alpha value is -3.03. The van der Waals surface area contributed by atoms with Crippen LogP contribution in [-0.2, 0) is 0 Å². The van der Waals surface area contributed by atoms with Gasteiger partial charge in [0.15, 0.2) is 0 Å². The maximum atomic E-state index is 8.00. The molecule has 0 aliphatic rings. The first kappa shape index (κ1) is 26.6. The fourth-order valence-electron chi connectivity index (χ4n) is 4.59. The van der Waals surface area contributed by atoms with Crippen LogP contribution in [0.2, 0.25) is 0 Å². The number of benzene rings is 3. The maximum Gasteiger partial charge on any atom is 0.259 e. The number of halogens is 1. The predicted octanol–water partition coefficient (Wildman–Crippen LogP) is 3.87. The van der Waals surface area contributed by atoms with E-state index in [9.17, 15) is 0 Å². The molecule has 6 nitrogen and oxygen atoms in total. The van der Waals surface area contributed by atoms with Crippen LogP contribution >= 0.6 is 11.1 Å². The normalized spacial score (nSPS) is 11.1. The van der Waals surface area contributed by atoms with Gasteiger partial charge in [0.05, 0.1) is 42.7 Å². The van der Waals surface area contributed by atoms with Gasteiger partial charge in [-0.05, 0) is 73.9 Å². The smallest absolute Gasteiger partial charge is 0.259 e. The van der Waals surface area contributed by atoms with E-state index in [2.05, 4.69) is 0 Å². The molecule has 0 amide bonds. The van der Waals surface area contributed by atoms with E-state index >= 15 is 0 Å². The molecule has 0 fully saturated rings. The first-order valence-electron chi connectivity index (χ1n) is 11.1. The molecule has 188 valence electrons. The predicted molar refractivity (Wildman–Crippen MR) is 143 cm³/mol. The van der Waals surface area contributed by atoms with Gasteiger partial charge in [-0.1, -0.05) is 0 Å². The van der Waals surface area contributed by atoms with E-state index in [0.717, 1.165) is 32.3 Å². The lowest BCUT2D eigenvalue weighted by Gasteiger charge is -2.32. The van der Waals surface area contributed by atoms with Crippen molar-refractivity contribution in [3.05, 3.63) is 53.1 Å². The second-order valence-corrected chi connectivity index (χ2v) is 12.9. The number of aryl methyl sites for hydroxylation is 3. The standard InChI is InChI=1S/C27H33ClO6Si/c1-16-10-19(29-4)13-22(25(16)32-7)35(28,23-14-20(30-5)11-17(2)26(23)33-8)24-15-21(31-6)12-18(3)27(24)34-9/h10-15H,1-9H3. The third-order valence-electron chi connectivity index (χ3n) is 6.18. The molecule has 0 aliphatic heterocycles. The Labute approximate surface area is 213 Å². The van der Waals surface area contributed by atoms with Crippen LogP contribution in [0.25, 0.3) is 0 Å². The van der Waals surface area contributed by atoms with Crippen LogP contribution in [0.15, 0.2) is 36.4 Å². The lowest BCUT2D eigenvalue weighted by Crippen LogP contribution is -2.64. The van der Waals surface area contributed by atoms with Crippen molar-refractivity contribution in [3.63, 3.8) is 0 Å². The molecular weight excluding hydrogens is 484 g/mol. The quantitative estimate of drug-likeness (QED) is 0.244. The van der Waals surface area contributed by atoms with E-state index in [1.54, 1.807) is 42.7 Å². The van der Waals surface area contributed by atoms with Crippen LogP contribution in [0.5, 0.6) is 34.5 Å². The van der Waals surface area contributed by atoms with E-state index in [4.69, 9.17) is 39.5 Å². The van der Waals surface area contributed by atoms with Crippen molar-refractivity contribution in [1.82, 2.24) is 0 Å². The van der Waals surface area contributed by atoms with Crippen molar-refractivity contribution < 1.29 is 28.4 Å². The number of ether oxygens (including phenoxy) is 6. The maximum absolute atomic E-state index is 8.00. The molecule has 0 saturated carbocycles. The van der Waals surface area contributed by atoms with Crippen LogP contribution < -0.4 is 44.0 Å². The summed E-state index contributed by atoms with van der Waals surface area (Å²) >= 11 is 8.00. The summed E-state index contributed by atoms with van der Waals surface area (Å²) in [4.78, 5) is 0. The lowest BCUT2D eigenvalue weighted by atomic mass is 10.2. The largest absolute Gasteiger partial charge is 0.497 e. The molecule has 0 atom stereocenters. The summed E-state index contributed by atoms with van der Waals surface area (Å²) in [6, 6.07) is 11.6. The highest BCUT2D eigenvalue weighted by Gasteiger charge is 2.47. The SMILES string of the molecule is COc1cc(C)c(OC)c([Si](Cl)(c2cc(OC)cc(C)c2OC)c2cc(OC)cc(C)c2OC)c1. The fraction of sp³-hybridized carbons (Fsp3) is 0.333. The third kappa shape index (κ3) is 4.62. The molecule has 35 heavy (non-hydrogen) atoms. The minimum Gasteiger partial charge on any atom is -0.497 e. The highest BCUT2D eigenvalue weighted by atomic mass is 35.6. The zero-order valence-electron chi connectivity index (χ0n) is 21.8. The highest BCUT2D eigenvalue weighted by molar-refractivity contribution is 7.41. The van der Waals surface area contributed by atoms with Crippen LogP contribution in [0.1, 0.15) is 16.7 Å². The first-order valence-corrected chi connectivity index (χ1v) is 14.1. The summed E-state index contributed by atoms with van der Waals surface area (Å²) in [6.45, 7) is 5.91. The Morgan fingerprint density at radius 1 is 0.457 bits per heavy atom. The van der Waals surface area contributed by atoms with Crippen molar-refractivity contribution in [2.24, 2.45) is 0 Å². The summed E-state index contributed by atoms with van der Waals surface area (Å²) in [5.41, 5.74) is 2.70. The van der Waals surface area contributed by atoms with Crippen molar-refractivity contribution in [2.45, 2.75) is 20.8 Å². The highest BCUT2D eigenvalue weighted by Crippen LogP contribution is 2.34. The molecule has 0 unspecified atom stereocenters. The Morgan fingerprint density at radius 3 is 0.914 bits per heavy atom. The van der Waals surface area contributed by atoms with E-state index in [-0.39, 0.29) is 0 Å². The molecule has 0 radical (unpaired) electrons. The van der Waals surface area contributed by atoms with Crippen molar-refractivity contribution in [3.8, 4) is 34.5 Å². The number of rotatable bonds is 9. The molecule has 3 aromatic rings. The molecule has 0 saturated heterocycles. The zero-order chi connectivity index (χ0) is 25.9. The van der Waals surface area contributed by atoms with Crippen LogP contribution in [-0.4, -0.2) is 50.0 Å². The van der Waals surface area contributed by atoms with Crippen LogP contribution in [0.3, 0.4) is 0 Å². The number of hydrogen-bond acceptors (Lipinski definition) is 6. The van der Waals surface area contributed by atoms with Gasteiger partial charge in [0, 0.05) is 15.6 Å². The second kappa shape index (κ2) is 10.7. The summed E-state index contributed by atoms with van der Waals surface area (Å²) in [6.07, 6.45) is 0. The van der Waals surface area contributed by atoms with Gasteiger partial charge in [-0.25, -0.2) is 0 Å². The summed E-state index contributed by atoms with van der Waals surface area (Å²) in [5, 5.41) is 2.40. The molecular formula is C27H33ClO6Si. The Morgan fingerprint density at radius 2 is 0.714 bits per heavy atom. The monoisotopic (exact) mass is 516 g/mol. The molecule has 3 rings (SSSR count). The third-order valence-corrected chi connectivity index (χ3v) is 11.4. The molecule has 0 aliphatic carbocycles. The van der Waals surface area contributed by atoms with Crippen molar-refractivity contribution >= 4 is 34.0 Å². The molecule has 0 spiro atoms. The average Bonchev–Trinajstić information content (AvgIpc) is 2.86. The van der Waals surface area contributed by atoms with Crippen LogP contribution in [0.4, 0.5) is 0 Å². The van der Waals surface area contributed by atoms with E-state index < -0.39 is 7.38 Å². The van der Waals surface area contributed by atoms with Gasteiger partial charge in [0.1, 0.15) is 34.5 Å². The van der Waals surface area contributed by atoms with Crippen molar-refractivity contribution in [2.75, 3.05) is 42.7 Å². The lowest BCUT2D eigenvalue weighted by molar-refractivity contribution is 0.401. The molecule has 0 aromatic heterocycles.